The van der Waals surface area contributed by atoms with Crippen LogP contribution in [0.4, 0.5) is 0 Å². The molecule has 0 fully saturated rings. The molecule has 1 radical (unpaired) electrons. The van der Waals surface area contributed by atoms with Crippen LogP contribution in [0, 0.1) is 6.07 Å². The highest BCUT2D eigenvalue weighted by molar-refractivity contribution is 6.67. The van der Waals surface area contributed by atoms with Gasteiger partial charge < -0.3 is 0 Å². The van der Waals surface area contributed by atoms with E-state index in [2.05, 4.69) is 6.07 Å². The van der Waals surface area contributed by atoms with E-state index in [1.54, 1.807) is 18.2 Å². The Bertz CT molecular complexity index is 264. The van der Waals surface area contributed by atoms with Crippen LogP contribution in [-0.2, 0) is 6.42 Å². The molecule has 12 heavy (non-hydrogen) atoms. The summed E-state index contributed by atoms with van der Waals surface area (Å²) < 4.78 is -1.28. The maximum atomic E-state index is 5.72. The van der Waals surface area contributed by atoms with Crippen molar-refractivity contribution in [2.75, 3.05) is 0 Å². The van der Waals surface area contributed by atoms with E-state index in [4.69, 9.17) is 46.4 Å². The van der Waals surface area contributed by atoms with Gasteiger partial charge in [-0.25, -0.2) is 0 Å². The predicted octanol–water partition coefficient (Wildman–Crippen LogP) is 4.05. The Hall–Kier alpha value is 0.380. The molecule has 65 valence electrons. The summed E-state index contributed by atoms with van der Waals surface area (Å²) in [6.07, 6.45) is 0.318. The predicted molar refractivity (Wildman–Crippen MR) is 54.3 cm³/mol. The second-order valence-corrected chi connectivity index (χ2v) is 5.28. The van der Waals surface area contributed by atoms with Crippen LogP contribution in [0.5, 0.6) is 0 Å². The first-order chi connectivity index (χ1) is 5.47. The fourth-order valence-electron chi connectivity index (χ4n) is 0.803. The minimum Gasteiger partial charge on any atom is -0.0843 e. The summed E-state index contributed by atoms with van der Waals surface area (Å²) in [7, 11) is 0. The standard InChI is InChI=1S/C8H5Cl4/c9-7-3-1-2-6(4-7)5-8(10,11)12/h1,3-4H,5H2. The van der Waals surface area contributed by atoms with Crippen molar-refractivity contribution in [3.05, 3.63) is 34.9 Å². The minimum absolute atomic E-state index is 0.318. The van der Waals surface area contributed by atoms with Gasteiger partial charge in [-0.3, -0.25) is 0 Å². The van der Waals surface area contributed by atoms with Gasteiger partial charge in [0, 0.05) is 11.4 Å². The fourth-order valence-corrected chi connectivity index (χ4v) is 1.43. The number of hydrogen-bond donors (Lipinski definition) is 0. The van der Waals surface area contributed by atoms with Gasteiger partial charge in [0.05, 0.1) is 0 Å². The van der Waals surface area contributed by atoms with Crippen LogP contribution in [0.25, 0.3) is 0 Å². The van der Waals surface area contributed by atoms with Crippen molar-refractivity contribution >= 4 is 46.4 Å². The third-order valence-electron chi connectivity index (χ3n) is 1.21. The zero-order valence-corrected chi connectivity index (χ0v) is 8.97. The third kappa shape index (κ3) is 3.86. The lowest BCUT2D eigenvalue weighted by molar-refractivity contribution is 1.02. The molecule has 0 bridgehead atoms. The molecule has 0 nitrogen and oxygen atoms in total. The molecule has 1 rings (SSSR count). The molecule has 1 aromatic carbocycles. The number of rotatable bonds is 1. The second-order valence-electron chi connectivity index (χ2n) is 2.32. The maximum absolute atomic E-state index is 5.72. The van der Waals surface area contributed by atoms with Crippen LogP contribution in [-0.4, -0.2) is 3.79 Å². The van der Waals surface area contributed by atoms with Crippen molar-refractivity contribution in [1.82, 2.24) is 0 Å². The summed E-state index contributed by atoms with van der Waals surface area (Å²) in [5.74, 6) is 0. The van der Waals surface area contributed by atoms with E-state index in [0.29, 0.717) is 11.4 Å². The minimum atomic E-state index is -1.28. The highest BCUT2D eigenvalue weighted by Crippen LogP contribution is 2.30. The first-order valence-electron chi connectivity index (χ1n) is 3.20. The Labute approximate surface area is 91.4 Å². The Kier molecular flexibility index (Phi) is 3.54. The molecule has 0 unspecified atom stereocenters. The largest absolute Gasteiger partial charge is 0.194 e. The zero-order chi connectivity index (χ0) is 9.19. The van der Waals surface area contributed by atoms with Gasteiger partial charge in [0.1, 0.15) is 0 Å². The van der Waals surface area contributed by atoms with Crippen molar-refractivity contribution in [2.45, 2.75) is 10.2 Å². The first kappa shape index (κ1) is 10.5. The quantitative estimate of drug-likeness (QED) is 0.652. The lowest BCUT2D eigenvalue weighted by Crippen LogP contribution is -2.06. The van der Waals surface area contributed by atoms with Crippen LogP contribution in [0.1, 0.15) is 5.56 Å². The van der Waals surface area contributed by atoms with Crippen LogP contribution >= 0.6 is 46.4 Å². The van der Waals surface area contributed by atoms with E-state index in [1.807, 2.05) is 0 Å². The van der Waals surface area contributed by atoms with E-state index < -0.39 is 3.79 Å². The molecule has 0 atom stereocenters. The van der Waals surface area contributed by atoms with Crippen molar-refractivity contribution in [2.24, 2.45) is 0 Å². The SMILES string of the molecule is Clc1cc[c]c(CC(Cl)(Cl)Cl)c1. The molecule has 0 aliphatic carbocycles. The molecule has 1 aromatic rings. The molecule has 0 N–H and O–H groups in total. The van der Waals surface area contributed by atoms with Gasteiger partial charge in [-0.15, -0.1) is 0 Å². The van der Waals surface area contributed by atoms with Crippen molar-refractivity contribution in [3.8, 4) is 0 Å². The molecule has 4 heteroatoms. The lowest BCUT2D eigenvalue weighted by Gasteiger charge is -2.09. The Morgan fingerprint density at radius 2 is 2.00 bits per heavy atom. The zero-order valence-electron chi connectivity index (χ0n) is 5.95. The van der Waals surface area contributed by atoms with Gasteiger partial charge in [-0.2, -0.15) is 0 Å². The highest BCUT2D eigenvalue weighted by Gasteiger charge is 2.19. The van der Waals surface area contributed by atoms with Gasteiger partial charge in [0.25, 0.3) is 0 Å². The van der Waals surface area contributed by atoms with Gasteiger partial charge in [0.15, 0.2) is 3.79 Å². The molecule has 0 aliphatic rings. The number of halogens is 4. The topological polar surface area (TPSA) is 0 Å². The summed E-state index contributed by atoms with van der Waals surface area (Å²) in [5, 5.41) is 0.623. The fraction of sp³-hybridized carbons (Fsp3) is 0.250. The summed E-state index contributed by atoms with van der Waals surface area (Å²) in [6.45, 7) is 0. The number of alkyl halides is 3. The molecule has 0 aromatic heterocycles. The second kappa shape index (κ2) is 4.06. The lowest BCUT2D eigenvalue weighted by atomic mass is 10.2. The molecular weight excluding hydrogens is 238 g/mol. The molecule has 0 saturated heterocycles. The molecular formula is C8H5Cl4. The summed E-state index contributed by atoms with van der Waals surface area (Å²) in [4.78, 5) is 0. The van der Waals surface area contributed by atoms with E-state index in [0.717, 1.165) is 5.56 Å². The number of hydrogen-bond acceptors (Lipinski definition) is 0. The van der Waals surface area contributed by atoms with Gasteiger partial charge in [-0.05, 0) is 23.8 Å². The van der Waals surface area contributed by atoms with Gasteiger partial charge in [0.2, 0.25) is 0 Å². The molecule has 0 aliphatic heterocycles. The third-order valence-corrected chi connectivity index (χ3v) is 1.85. The maximum Gasteiger partial charge on any atom is 0.194 e. The molecule has 0 saturated carbocycles. The number of benzene rings is 1. The van der Waals surface area contributed by atoms with Crippen molar-refractivity contribution < 1.29 is 0 Å². The van der Waals surface area contributed by atoms with Crippen LogP contribution < -0.4 is 0 Å². The van der Waals surface area contributed by atoms with Crippen LogP contribution in [0.2, 0.25) is 5.02 Å². The van der Waals surface area contributed by atoms with Crippen molar-refractivity contribution in [1.29, 1.82) is 0 Å². The Balaban J connectivity index is 2.77. The van der Waals surface area contributed by atoms with Crippen molar-refractivity contribution in [3.63, 3.8) is 0 Å². The molecule has 0 heterocycles. The summed E-state index contributed by atoms with van der Waals surface area (Å²) in [6, 6.07) is 8.08. The first-order valence-corrected chi connectivity index (χ1v) is 4.71. The molecule has 0 amide bonds. The Morgan fingerprint density at radius 1 is 1.33 bits per heavy atom. The normalized spacial score (nSPS) is 11.7. The average molecular weight is 243 g/mol. The monoisotopic (exact) mass is 241 g/mol. The van der Waals surface area contributed by atoms with Gasteiger partial charge >= 0.3 is 0 Å². The average Bonchev–Trinajstić information content (AvgIpc) is 1.82. The highest BCUT2D eigenvalue weighted by atomic mass is 35.6. The Morgan fingerprint density at radius 3 is 2.50 bits per heavy atom. The van der Waals surface area contributed by atoms with E-state index in [-0.39, 0.29) is 0 Å². The summed E-state index contributed by atoms with van der Waals surface area (Å²) in [5.41, 5.74) is 0.794. The van der Waals surface area contributed by atoms with Crippen LogP contribution in [0.3, 0.4) is 0 Å². The van der Waals surface area contributed by atoms with E-state index in [1.165, 1.54) is 0 Å². The van der Waals surface area contributed by atoms with Gasteiger partial charge in [-0.1, -0.05) is 52.5 Å². The smallest absolute Gasteiger partial charge is 0.0843 e. The van der Waals surface area contributed by atoms with E-state index in [9.17, 15) is 0 Å². The van der Waals surface area contributed by atoms with Crippen LogP contribution in [0.15, 0.2) is 18.2 Å². The molecule has 0 spiro atoms. The summed E-state index contributed by atoms with van der Waals surface area (Å²) >= 11 is 22.5. The van der Waals surface area contributed by atoms with E-state index >= 15 is 0 Å².